The Morgan fingerprint density at radius 3 is 2.48 bits per heavy atom. The summed E-state index contributed by atoms with van der Waals surface area (Å²) in [5.74, 6) is -0.499. The van der Waals surface area contributed by atoms with Crippen LogP contribution in [0.4, 0.5) is 5.69 Å². The van der Waals surface area contributed by atoms with Crippen LogP contribution < -0.4 is 10.5 Å². The van der Waals surface area contributed by atoms with Crippen molar-refractivity contribution < 1.29 is 13.2 Å². The van der Waals surface area contributed by atoms with E-state index in [2.05, 4.69) is 17.4 Å². The van der Waals surface area contributed by atoms with Crippen molar-refractivity contribution in [2.45, 2.75) is 11.3 Å². The number of nitrogens with one attached hydrogen (secondary N) is 1. The summed E-state index contributed by atoms with van der Waals surface area (Å²) in [5, 5.41) is 8.05. The van der Waals surface area contributed by atoms with Crippen molar-refractivity contribution in [3.8, 4) is 11.1 Å². The number of carbonyl (C=O) groups excluding carboxylic acids is 1. The summed E-state index contributed by atoms with van der Waals surface area (Å²) < 4.78 is 23.0. The molecule has 0 aliphatic heterocycles. The Labute approximate surface area is 161 Å². The molecule has 0 heterocycles. The number of carbonyl (C=O) groups is 1. The van der Waals surface area contributed by atoms with E-state index in [-0.39, 0.29) is 15.5 Å². The SMILES string of the molecule is NS(=O)(=O)c1ccc(Cl)c(C(=O)Nc2ccc3c(c2)Cc2ccccc2-3)c1. The van der Waals surface area contributed by atoms with Gasteiger partial charge in [0.05, 0.1) is 15.5 Å². The van der Waals surface area contributed by atoms with Crippen molar-refractivity contribution in [1.82, 2.24) is 0 Å². The van der Waals surface area contributed by atoms with Gasteiger partial charge in [0.15, 0.2) is 0 Å². The minimum atomic E-state index is -3.93. The summed E-state index contributed by atoms with van der Waals surface area (Å²) in [7, 11) is -3.93. The van der Waals surface area contributed by atoms with Crippen molar-refractivity contribution in [2.75, 3.05) is 5.32 Å². The lowest BCUT2D eigenvalue weighted by molar-refractivity contribution is 0.102. The van der Waals surface area contributed by atoms with Crippen molar-refractivity contribution in [3.63, 3.8) is 0 Å². The zero-order valence-corrected chi connectivity index (χ0v) is 15.6. The van der Waals surface area contributed by atoms with Crippen LogP contribution in [0.2, 0.25) is 5.02 Å². The van der Waals surface area contributed by atoms with E-state index in [9.17, 15) is 13.2 Å². The molecular weight excluding hydrogens is 384 g/mol. The van der Waals surface area contributed by atoms with Crippen LogP contribution in [-0.2, 0) is 16.4 Å². The molecule has 5 nitrogen and oxygen atoms in total. The maximum atomic E-state index is 12.6. The van der Waals surface area contributed by atoms with Gasteiger partial charge in [-0.3, -0.25) is 4.79 Å². The maximum Gasteiger partial charge on any atom is 0.257 e. The molecule has 0 saturated carbocycles. The van der Waals surface area contributed by atoms with E-state index in [1.54, 1.807) is 0 Å². The standard InChI is InChI=1S/C20H15ClN2O3S/c21-19-8-6-15(27(22,25)26)11-18(19)20(24)23-14-5-7-17-13(10-14)9-12-3-1-2-4-16(12)17/h1-8,10-11H,9H2,(H,23,24)(H2,22,25,26). The fourth-order valence-electron chi connectivity index (χ4n) is 3.28. The van der Waals surface area contributed by atoms with Crippen LogP contribution in [0.3, 0.4) is 0 Å². The van der Waals surface area contributed by atoms with Gasteiger partial charge in [-0.15, -0.1) is 0 Å². The van der Waals surface area contributed by atoms with Gasteiger partial charge in [-0.25, -0.2) is 13.6 Å². The lowest BCUT2D eigenvalue weighted by Gasteiger charge is -2.10. The molecule has 1 aliphatic rings. The number of halogens is 1. The van der Waals surface area contributed by atoms with Crippen LogP contribution in [0.25, 0.3) is 11.1 Å². The van der Waals surface area contributed by atoms with Crippen LogP contribution in [0.1, 0.15) is 21.5 Å². The highest BCUT2D eigenvalue weighted by Crippen LogP contribution is 2.37. The number of fused-ring (bicyclic) bond motifs is 3. The van der Waals surface area contributed by atoms with Crippen LogP contribution in [-0.4, -0.2) is 14.3 Å². The molecule has 7 heteroatoms. The third-order valence-corrected chi connectivity index (χ3v) is 5.80. The molecule has 0 aromatic heterocycles. The fraction of sp³-hybridized carbons (Fsp3) is 0.0500. The highest BCUT2D eigenvalue weighted by Gasteiger charge is 2.20. The van der Waals surface area contributed by atoms with E-state index >= 15 is 0 Å². The largest absolute Gasteiger partial charge is 0.322 e. The third-order valence-electron chi connectivity index (χ3n) is 4.56. The predicted octanol–water partition coefficient (Wildman–Crippen LogP) is 3.81. The summed E-state index contributed by atoms with van der Waals surface area (Å²) in [6.45, 7) is 0. The van der Waals surface area contributed by atoms with Gasteiger partial charge in [0.2, 0.25) is 10.0 Å². The number of benzene rings is 3. The topological polar surface area (TPSA) is 89.3 Å². The van der Waals surface area contributed by atoms with Crippen molar-refractivity contribution in [1.29, 1.82) is 0 Å². The van der Waals surface area contributed by atoms with Gasteiger partial charge in [-0.1, -0.05) is 41.9 Å². The monoisotopic (exact) mass is 398 g/mol. The van der Waals surface area contributed by atoms with Crippen LogP contribution in [0.5, 0.6) is 0 Å². The molecule has 4 rings (SSSR count). The van der Waals surface area contributed by atoms with Crippen molar-refractivity contribution >= 4 is 33.2 Å². The van der Waals surface area contributed by atoms with Crippen LogP contribution in [0, 0.1) is 0 Å². The van der Waals surface area contributed by atoms with Gasteiger partial charge >= 0.3 is 0 Å². The van der Waals surface area contributed by atoms with Gasteiger partial charge in [-0.05, 0) is 59.0 Å². The average molecular weight is 399 g/mol. The zero-order valence-electron chi connectivity index (χ0n) is 14.1. The number of anilines is 1. The molecule has 0 spiro atoms. The number of rotatable bonds is 3. The summed E-state index contributed by atoms with van der Waals surface area (Å²) in [6.07, 6.45) is 0.802. The number of hydrogen-bond acceptors (Lipinski definition) is 3. The highest BCUT2D eigenvalue weighted by atomic mass is 35.5. The third kappa shape index (κ3) is 3.35. The number of hydrogen-bond donors (Lipinski definition) is 2. The first-order valence-electron chi connectivity index (χ1n) is 8.18. The first kappa shape index (κ1) is 17.7. The lowest BCUT2D eigenvalue weighted by Crippen LogP contribution is -2.16. The number of nitrogens with two attached hydrogens (primary N) is 1. The quantitative estimate of drug-likeness (QED) is 0.549. The minimum Gasteiger partial charge on any atom is -0.322 e. The van der Waals surface area contributed by atoms with Gasteiger partial charge in [0.1, 0.15) is 0 Å². The van der Waals surface area contributed by atoms with Crippen molar-refractivity contribution in [2.24, 2.45) is 5.14 Å². The molecule has 3 aromatic carbocycles. The summed E-state index contributed by atoms with van der Waals surface area (Å²) in [6, 6.07) is 17.7. The molecule has 1 aliphatic carbocycles. The summed E-state index contributed by atoms with van der Waals surface area (Å²) in [5.41, 5.74) is 5.39. The second-order valence-electron chi connectivity index (χ2n) is 6.35. The second kappa shape index (κ2) is 6.49. The lowest BCUT2D eigenvalue weighted by atomic mass is 10.1. The molecule has 0 unspecified atom stereocenters. The predicted molar refractivity (Wildman–Crippen MR) is 105 cm³/mol. The molecule has 1 amide bonds. The Hall–Kier alpha value is -2.67. The molecule has 27 heavy (non-hydrogen) atoms. The van der Waals surface area contributed by atoms with Crippen LogP contribution >= 0.6 is 11.6 Å². The molecule has 0 bridgehead atoms. The normalized spacial score (nSPS) is 12.4. The first-order valence-corrected chi connectivity index (χ1v) is 10.1. The number of amides is 1. The van der Waals surface area contributed by atoms with E-state index < -0.39 is 15.9 Å². The minimum absolute atomic E-state index is 0.0481. The zero-order chi connectivity index (χ0) is 19.2. The molecule has 0 saturated heterocycles. The second-order valence-corrected chi connectivity index (χ2v) is 8.32. The van der Waals surface area contributed by atoms with E-state index in [0.717, 1.165) is 17.5 Å². The molecule has 136 valence electrons. The van der Waals surface area contributed by atoms with E-state index in [4.69, 9.17) is 16.7 Å². The van der Waals surface area contributed by atoms with E-state index in [1.807, 2.05) is 30.3 Å². The first-order chi connectivity index (χ1) is 12.8. The Kier molecular flexibility index (Phi) is 4.26. The summed E-state index contributed by atoms with van der Waals surface area (Å²) in [4.78, 5) is 12.4. The number of sulfonamides is 1. The van der Waals surface area contributed by atoms with Gasteiger partial charge < -0.3 is 5.32 Å². The average Bonchev–Trinajstić information content (AvgIpc) is 2.98. The van der Waals surface area contributed by atoms with Crippen molar-refractivity contribution in [3.05, 3.63) is 82.4 Å². The van der Waals surface area contributed by atoms with Gasteiger partial charge in [-0.2, -0.15) is 0 Å². The Balaban J connectivity index is 1.63. The molecule has 3 N–H and O–H groups in total. The molecule has 0 radical (unpaired) electrons. The summed E-state index contributed by atoms with van der Waals surface area (Å²) >= 11 is 6.07. The Morgan fingerprint density at radius 1 is 0.963 bits per heavy atom. The van der Waals surface area contributed by atoms with E-state index in [1.165, 1.54) is 29.3 Å². The van der Waals surface area contributed by atoms with E-state index in [0.29, 0.717) is 5.69 Å². The fourth-order valence-corrected chi connectivity index (χ4v) is 4.02. The van der Waals surface area contributed by atoms with Gasteiger partial charge in [0.25, 0.3) is 5.91 Å². The Bertz CT molecular complexity index is 1190. The van der Waals surface area contributed by atoms with Gasteiger partial charge in [0, 0.05) is 5.69 Å². The molecule has 0 atom stereocenters. The van der Waals surface area contributed by atoms with Crippen LogP contribution in [0.15, 0.2) is 65.6 Å². The smallest absolute Gasteiger partial charge is 0.257 e. The maximum absolute atomic E-state index is 12.6. The molecule has 0 fully saturated rings. The highest BCUT2D eigenvalue weighted by molar-refractivity contribution is 7.89. The molecular formula is C20H15ClN2O3S. The Morgan fingerprint density at radius 2 is 1.70 bits per heavy atom. The molecule has 3 aromatic rings. The number of primary sulfonamides is 1.